The van der Waals surface area contributed by atoms with Crippen molar-refractivity contribution in [3.8, 4) is 0 Å². The van der Waals surface area contributed by atoms with Crippen LogP contribution in [0.1, 0.15) is 20.8 Å². The molecule has 0 saturated heterocycles. The van der Waals surface area contributed by atoms with E-state index in [0.29, 0.717) is 6.04 Å². The molecule has 49 valence electrons. The van der Waals surface area contributed by atoms with Crippen molar-refractivity contribution < 1.29 is 0 Å². The third-order valence-electron chi connectivity index (χ3n) is 1.44. The van der Waals surface area contributed by atoms with Gasteiger partial charge in [0.25, 0.3) is 0 Å². The lowest BCUT2D eigenvalue weighted by atomic mass is 10.3. The fourth-order valence-corrected chi connectivity index (χ4v) is 0.847. The molecule has 0 rings (SSSR count). The van der Waals surface area contributed by atoms with E-state index in [1.807, 2.05) is 0 Å². The van der Waals surface area contributed by atoms with E-state index in [4.69, 9.17) is 0 Å². The molecule has 1 nitrogen and oxygen atoms in total. The molecular formula is C7H16N. The Bertz CT molecular complexity index is 46.3. The van der Waals surface area contributed by atoms with Crippen molar-refractivity contribution in [2.45, 2.75) is 26.8 Å². The molecule has 0 amide bonds. The lowest BCUT2D eigenvalue weighted by Crippen LogP contribution is -2.30. The summed E-state index contributed by atoms with van der Waals surface area (Å²) in [6, 6.07) is 0.463. The largest absolute Gasteiger partial charge is 0.301 e. The van der Waals surface area contributed by atoms with Crippen molar-refractivity contribution in [2.75, 3.05) is 13.1 Å². The van der Waals surface area contributed by atoms with Gasteiger partial charge < -0.3 is 4.90 Å². The molecule has 0 saturated carbocycles. The highest BCUT2D eigenvalue weighted by Crippen LogP contribution is 1.93. The molecule has 1 heteroatoms. The summed E-state index contributed by atoms with van der Waals surface area (Å²) in [5.74, 6) is 0. The van der Waals surface area contributed by atoms with Gasteiger partial charge in [0.2, 0.25) is 0 Å². The maximum Gasteiger partial charge on any atom is 0.00672 e. The van der Waals surface area contributed by atoms with Gasteiger partial charge in [-0.05, 0) is 26.9 Å². The Labute approximate surface area is 52.7 Å². The first-order valence-corrected chi connectivity index (χ1v) is 3.29. The average Bonchev–Trinajstić information content (AvgIpc) is 1.69. The predicted octanol–water partition coefficient (Wildman–Crippen LogP) is 1.55. The van der Waals surface area contributed by atoms with Gasteiger partial charge in [0, 0.05) is 6.04 Å². The lowest BCUT2D eigenvalue weighted by molar-refractivity contribution is 0.266. The lowest BCUT2D eigenvalue weighted by Gasteiger charge is -2.21. The van der Waals surface area contributed by atoms with Gasteiger partial charge in [0.15, 0.2) is 0 Å². The minimum Gasteiger partial charge on any atom is -0.301 e. The standard InChI is InChI=1S/C7H16N/c1-5-8(6-2)7(3)4/h7H,3,5-6H2,1-2,4H3. The van der Waals surface area contributed by atoms with Crippen LogP contribution in [0, 0.1) is 6.92 Å². The number of nitrogens with zero attached hydrogens (tertiary/aromatic N) is 1. The average molecular weight is 114 g/mol. The Kier molecular flexibility index (Phi) is 3.88. The number of hydrogen-bond donors (Lipinski definition) is 0. The van der Waals surface area contributed by atoms with Crippen LogP contribution in [-0.2, 0) is 0 Å². The van der Waals surface area contributed by atoms with E-state index in [-0.39, 0.29) is 0 Å². The summed E-state index contributed by atoms with van der Waals surface area (Å²) >= 11 is 0. The summed E-state index contributed by atoms with van der Waals surface area (Å²) in [7, 11) is 0. The van der Waals surface area contributed by atoms with Crippen LogP contribution in [0.3, 0.4) is 0 Å². The molecule has 0 aromatic rings. The van der Waals surface area contributed by atoms with E-state index >= 15 is 0 Å². The van der Waals surface area contributed by atoms with Crippen LogP contribution >= 0.6 is 0 Å². The molecular weight excluding hydrogens is 98.1 g/mol. The minimum atomic E-state index is 0.463. The SMILES string of the molecule is [CH2]C(C)N(CC)CC. The van der Waals surface area contributed by atoms with Crippen LogP contribution in [0.15, 0.2) is 0 Å². The van der Waals surface area contributed by atoms with Gasteiger partial charge in [-0.2, -0.15) is 0 Å². The first-order chi connectivity index (χ1) is 3.72. The Morgan fingerprint density at radius 3 is 1.75 bits per heavy atom. The molecule has 1 radical (unpaired) electrons. The highest BCUT2D eigenvalue weighted by Gasteiger charge is 2.00. The summed E-state index contributed by atoms with van der Waals surface area (Å²) in [5, 5.41) is 0. The van der Waals surface area contributed by atoms with Gasteiger partial charge in [-0.15, -0.1) is 0 Å². The summed E-state index contributed by atoms with van der Waals surface area (Å²) in [6.07, 6.45) is 0. The smallest absolute Gasteiger partial charge is 0.00672 e. The summed E-state index contributed by atoms with van der Waals surface area (Å²) in [4.78, 5) is 2.31. The normalized spacial score (nSPS) is 11.2. The highest BCUT2D eigenvalue weighted by molar-refractivity contribution is 4.64. The zero-order valence-electron chi connectivity index (χ0n) is 6.15. The molecule has 0 heterocycles. The molecule has 0 aromatic carbocycles. The number of rotatable bonds is 3. The molecule has 1 unspecified atom stereocenters. The zero-order valence-corrected chi connectivity index (χ0v) is 6.15. The van der Waals surface area contributed by atoms with Crippen molar-refractivity contribution in [3.05, 3.63) is 6.92 Å². The molecule has 0 aliphatic heterocycles. The van der Waals surface area contributed by atoms with Crippen molar-refractivity contribution in [1.29, 1.82) is 0 Å². The molecule has 0 aliphatic carbocycles. The Balaban J connectivity index is 3.35. The quantitative estimate of drug-likeness (QED) is 0.538. The molecule has 0 fully saturated rings. The fraction of sp³-hybridized carbons (Fsp3) is 0.857. The topological polar surface area (TPSA) is 3.24 Å². The first kappa shape index (κ1) is 7.96. The van der Waals surface area contributed by atoms with E-state index < -0.39 is 0 Å². The van der Waals surface area contributed by atoms with Crippen LogP contribution in [-0.4, -0.2) is 24.0 Å². The Morgan fingerprint density at radius 1 is 1.38 bits per heavy atom. The van der Waals surface area contributed by atoms with Crippen molar-refractivity contribution in [2.24, 2.45) is 0 Å². The molecule has 8 heavy (non-hydrogen) atoms. The minimum absolute atomic E-state index is 0.463. The van der Waals surface area contributed by atoms with Gasteiger partial charge in [0.1, 0.15) is 0 Å². The summed E-state index contributed by atoms with van der Waals surface area (Å²) < 4.78 is 0. The maximum absolute atomic E-state index is 3.91. The fourth-order valence-electron chi connectivity index (χ4n) is 0.847. The van der Waals surface area contributed by atoms with Crippen LogP contribution < -0.4 is 0 Å². The molecule has 0 bridgehead atoms. The van der Waals surface area contributed by atoms with Crippen LogP contribution in [0.25, 0.3) is 0 Å². The molecule has 0 spiro atoms. The van der Waals surface area contributed by atoms with Crippen molar-refractivity contribution >= 4 is 0 Å². The monoisotopic (exact) mass is 114 g/mol. The van der Waals surface area contributed by atoms with E-state index in [2.05, 4.69) is 32.6 Å². The van der Waals surface area contributed by atoms with E-state index in [0.717, 1.165) is 13.1 Å². The second-order valence-corrected chi connectivity index (χ2v) is 2.07. The van der Waals surface area contributed by atoms with Crippen LogP contribution in [0.5, 0.6) is 0 Å². The van der Waals surface area contributed by atoms with Gasteiger partial charge in [-0.1, -0.05) is 13.8 Å². The molecule has 0 aromatic heterocycles. The predicted molar refractivity (Wildman–Crippen MR) is 37.7 cm³/mol. The zero-order chi connectivity index (χ0) is 6.57. The Hall–Kier alpha value is -0.0400. The van der Waals surface area contributed by atoms with Crippen LogP contribution in [0.4, 0.5) is 0 Å². The highest BCUT2D eigenvalue weighted by atomic mass is 15.1. The second kappa shape index (κ2) is 3.90. The third kappa shape index (κ3) is 2.31. The van der Waals surface area contributed by atoms with Crippen LogP contribution in [0.2, 0.25) is 0 Å². The maximum atomic E-state index is 3.91. The van der Waals surface area contributed by atoms with E-state index in [1.165, 1.54) is 0 Å². The number of hydrogen-bond acceptors (Lipinski definition) is 1. The first-order valence-electron chi connectivity index (χ1n) is 3.29. The third-order valence-corrected chi connectivity index (χ3v) is 1.44. The molecule has 0 N–H and O–H groups in total. The summed E-state index contributed by atoms with van der Waals surface area (Å²) in [5.41, 5.74) is 0. The van der Waals surface area contributed by atoms with Gasteiger partial charge in [0.05, 0.1) is 0 Å². The second-order valence-electron chi connectivity index (χ2n) is 2.07. The van der Waals surface area contributed by atoms with E-state index in [9.17, 15) is 0 Å². The summed E-state index contributed by atoms with van der Waals surface area (Å²) in [6.45, 7) is 12.6. The van der Waals surface area contributed by atoms with Gasteiger partial charge >= 0.3 is 0 Å². The van der Waals surface area contributed by atoms with Crippen molar-refractivity contribution in [1.82, 2.24) is 4.90 Å². The van der Waals surface area contributed by atoms with Gasteiger partial charge in [-0.3, -0.25) is 0 Å². The Morgan fingerprint density at radius 2 is 1.75 bits per heavy atom. The van der Waals surface area contributed by atoms with Gasteiger partial charge in [-0.25, -0.2) is 0 Å². The molecule has 1 atom stereocenters. The van der Waals surface area contributed by atoms with E-state index in [1.54, 1.807) is 0 Å². The molecule has 0 aliphatic rings. The van der Waals surface area contributed by atoms with Crippen molar-refractivity contribution in [3.63, 3.8) is 0 Å².